The maximum Gasteiger partial charge on any atom is 0.258 e. The first-order chi connectivity index (χ1) is 14.1. The van der Waals surface area contributed by atoms with E-state index in [1.165, 1.54) is 12.1 Å². The molecule has 0 bridgehead atoms. The van der Waals surface area contributed by atoms with Gasteiger partial charge in [-0.15, -0.1) is 0 Å². The summed E-state index contributed by atoms with van der Waals surface area (Å²) < 4.78 is 24.0. The fourth-order valence-electron chi connectivity index (χ4n) is 2.89. The highest BCUT2D eigenvalue weighted by molar-refractivity contribution is 6.10. The topological polar surface area (TPSA) is 75.2 Å². The monoisotopic (exact) mass is 400 g/mol. The van der Waals surface area contributed by atoms with Gasteiger partial charge in [0.25, 0.3) is 5.91 Å². The molecule has 1 saturated heterocycles. The van der Waals surface area contributed by atoms with Crippen LogP contribution in [0.15, 0.2) is 53.5 Å². The van der Waals surface area contributed by atoms with Gasteiger partial charge in [-0.3, -0.25) is 20.0 Å². The summed E-state index contributed by atoms with van der Waals surface area (Å²) in [4.78, 5) is 19.4. The molecule has 3 rings (SSSR count). The van der Waals surface area contributed by atoms with Crippen LogP contribution in [0, 0.1) is 5.82 Å². The Morgan fingerprint density at radius 2 is 2.00 bits per heavy atom. The molecule has 0 unspecified atom stereocenters. The first kappa shape index (κ1) is 20.8. The van der Waals surface area contributed by atoms with E-state index in [4.69, 9.17) is 9.47 Å². The number of anilines is 1. The molecule has 0 spiro atoms. The Kier molecular flexibility index (Phi) is 7.54. The number of hydrogen-bond donors (Lipinski definition) is 2. The number of carbonyl (C=O) groups is 1. The highest BCUT2D eigenvalue weighted by Crippen LogP contribution is 2.13. The van der Waals surface area contributed by atoms with Gasteiger partial charge in [0.1, 0.15) is 11.6 Å². The number of carbonyl (C=O) groups excluding carboxylic acids is 1. The van der Waals surface area contributed by atoms with Gasteiger partial charge in [-0.1, -0.05) is 12.1 Å². The van der Waals surface area contributed by atoms with Crippen molar-refractivity contribution >= 4 is 17.6 Å². The minimum Gasteiger partial charge on any atom is -0.497 e. The van der Waals surface area contributed by atoms with E-state index in [1.54, 1.807) is 43.5 Å². The van der Waals surface area contributed by atoms with Gasteiger partial charge in [0.2, 0.25) is 5.96 Å². The van der Waals surface area contributed by atoms with Crippen molar-refractivity contribution in [3.63, 3.8) is 0 Å². The van der Waals surface area contributed by atoms with Gasteiger partial charge in [-0.25, -0.2) is 4.39 Å². The third-order valence-corrected chi connectivity index (χ3v) is 4.44. The van der Waals surface area contributed by atoms with Gasteiger partial charge >= 0.3 is 0 Å². The number of halogens is 1. The number of nitrogens with one attached hydrogen (secondary N) is 2. The normalized spacial score (nSPS) is 15.0. The molecule has 0 atom stereocenters. The fraction of sp³-hybridized carbons (Fsp3) is 0.333. The molecule has 2 N–H and O–H groups in total. The number of rotatable bonds is 6. The second-order valence-corrected chi connectivity index (χ2v) is 6.51. The van der Waals surface area contributed by atoms with Crippen LogP contribution in [0.4, 0.5) is 10.1 Å². The Labute approximate surface area is 169 Å². The maximum absolute atomic E-state index is 13.5. The standard InChI is InChI=1S/C21H25FN4O3/c1-28-19-7-2-4-16(14-19)20(27)25-21(24-18-6-3-5-17(22)15-18)23-8-9-26-10-12-29-13-11-26/h2-7,14-15H,8-13H2,1H3,(H2,23,24,25,27). The summed E-state index contributed by atoms with van der Waals surface area (Å²) in [6.07, 6.45) is 0. The Morgan fingerprint density at radius 1 is 1.21 bits per heavy atom. The van der Waals surface area contributed by atoms with Gasteiger partial charge in [0, 0.05) is 30.9 Å². The Balaban J connectivity index is 1.70. The number of morpholine rings is 1. The van der Waals surface area contributed by atoms with E-state index < -0.39 is 0 Å². The van der Waals surface area contributed by atoms with Crippen LogP contribution in [0.1, 0.15) is 10.4 Å². The van der Waals surface area contributed by atoms with E-state index in [1.807, 2.05) is 0 Å². The van der Waals surface area contributed by atoms with Crippen LogP contribution in [-0.4, -0.2) is 63.3 Å². The van der Waals surface area contributed by atoms with Crippen molar-refractivity contribution in [2.24, 2.45) is 4.99 Å². The van der Waals surface area contributed by atoms with Crippen LogP contribution in [0.3, 0.4) is 0 Å². The molecule has 1 heterocycles. The average molecular weight is 400 g/mol. The summed E-state index contributed by atoms with van der Waals surface area (Å²) >= 11 is 0. The van der Waals surface area contributed by atoms with Gasteiger partial charge in [-0.2, -0.15) is 0 Å². The molecule has 1 aliphatic heterocycles. The van der Waals surface area contributed by atoms with Crippen LogP contribution in [0.5, 0.6) is 5.75 Å². The number of guanidine groups is 1. The van der Waals surface area contributed by atoms with Gasteiger partial charge in [0.05, 0.1) is 26.9 Å². The third-order valence-electron chi connectivity index (χ3n) is 4.44. The predicted octanol–water partition coefficient (Wildman–Crippen LogP) is 2.36. The second kappa shape index (κ2) is 10.5. The van der Waals surface area contributed by atoms with Crippen LogP contribution in [0.25, 0.3) is 0 Å². The predicted molar refractivity (Wildman–Crippen MR) is 110 cm³/mol. The van der Waals surface area contributed by atoms with Crippen LogP contribution in [-0.2, 0) is 4.74 Å². The largest absolute Gasteiger partial charge is 0.497 e. The Bertz CT molecular complexity index is 853. The van der Waals surface area contributed by atoms with E-state index in [-0.39, 0.29) is 17.7 Å². The minimum absolute atomic E-state index is 0.261. The molecule has 8 heteroatoms. The number of amides is 1. The average Bonchev–Trinajstić information content (AvgIpc) is 2.74. The maximum atomic E-state index is 13.5. The molecule has 29 heavy (non-hydrogen) atoms. The van der Waals surface area contributed by atoms with Gasteiger partial charge in [0.15, 0.2) is 0 Å². The van der Waals surface area contributed by atoms with Gasteiger partial charge < -0.3 is 14.8 Å². The molecule has 0 radical (unpaired) electrons. The number of nitrogens with zero attached hydrogens (tertiary/aromatic N) is 2. The van der Waals surface area contributed by atoms with Crippen LogP contribution >= 0.6 is 0 Å². The molecule has 2 aromatic rings. The zero-order valence-electron chi connectivity index (χ0n) is 16.4. The number of methoxy groups -OCH3 is 1. The summed E-state index contributed by atoms with van der Waals surface area (Å²) in [6, 6.07) is 12.8. The van der Waals surface area contributed by atoms with Crippen LogP contribution < -0.4 is 15.4 Å². The lowest BCUT2D eigenvalue weighted by atomic mass is 10.2. The first-order valence-electron chi connectivity index (χ1n) is 9.46. The molecule has 1 aliphatic rings. The van der Waals surface area contributed by atoms with Crippen molar-refractivity contribution in [3.8, 4) is 5.75 Å². The van der Waals surface area contributed by atoms with Gasteiger partial charge in [-0.05, 0) is 36.4 Å². The minimum atomic E-state index is -0.373. The van der Waals surface area contributed by atoms with E-state index in [0.717, 1.165) is 19.6 Å². The van der Waals surface area contributed by atoms with E-state index in [2.05, 4.69) is 20.5 Å². The van der Waals surface area contributed by atoms with Crippen molar-refractivity contribution in [2.75, 3.05) is 51.8 Å². The summed E-state index contributed by atoms with van der Waals surface area (Å²) in [6.45, 7) is 4.37. The summed E-state index contributed by atoms with van der Waals surface area (Å²) in [7, 11) is 1.54. The smallest absolute Gasteiger partial charge is 0.258 e. The highest BCUT2D eigenvalue weighted by atomic mass is 19.1. The number of hydrogen-bond acceptors (Lipinski definition) is 5. The summed E-state index contributed by atoms with van der Waals surface area (Å²) in [5, 5.41) is 5.76. The lowest BCUT2D eigenvalue weighted by Crippen LogP contribution is -2.39. The van der Waals surface area contributed by atoms with Crippen molar-refractivity contribution in [3.05, 3.63) is 59.9 Å². The zero-order valence-corrected chi connectivity index (χ0v) is 16.4. The summed E-state index contributed by atoms with van der Waals surface area (Å²) in [5.41, 5.74) is 0.937. The lowest BCUT2D eigenvalue weighted by Gasteiger charge is -2.25. The lowest BCUT2D eigenvalue weighted by molar-refractivity contribution is 0.0394. The molecule has 1 amide bonds. The number of aliphatic imine (C=N–C) groups is 1. The van der Waals surface area contributed by atoms with E-state index >= 15 is 0 Å². The van der Waals surface area contributed by atoms with Crippen molar-refractivity contribution in [1.29, 1.82) is 0 Å². The van der Waals surface area contributed by atoms with Crippen molar-refractivity contribution < 1.29 is 18.7 Å². The molecule has 7 nitrogen and oxygen atoms in total. The second-order valence-electron chi connectivity index (χ2n) is 6.51. The van der Waals surface area contributed by atoms with E-state index in [9.17, 15) is 9.18 Å². The van der Waals surface area contributed by atoms with Crippen molar-refractivity contribution in [2.45, 2.75) is 0 Å². The molecule has 0 saturated carbocycles. The fourth-order valence-corrected chi connectivity index (χ4v) is 2.89. The first-order valence-corrected chi connectivity index (χ1v) is 9.46. The molecule has 2 aromatic carbocycles. The molecular weight excluding hydrogens is 375 g/mol. The Morgan fingerprint density at radius 3 is 2.76 bits per heavy atom. The molecule has 1 fully saturated rings. The summed E-state index contributed by atoms with van der Waals surface area (Å²) in [5.74, 6) is 0.137. The Hall–Kier alpha value is -2.97. The van der Waals surface area contributed by atoms with E-state index in [0.29, 0.717) is 36.8 Å². The highest BCUT2D eigenvalue weighted by Gasteiger charge is 2.12. The van der Waals surface area contributed by atoms with Crippen LogP contribution in [0.2, 0.25) is 0 Å². The molecule has 0 aliphatic carbocycles. The molecule has 0 aromatic heterocycles. The third kappa shape index (κ3) is 6.55. The number of benzene rings is 2. The molecule has 154 valence electrons. The number of ether oxygens (including phenoxy) is 2. The zero-order chi connectivity index (χ0) is 20.5. The van der Waals surface area contributed by atoms with Crippen molar-refractivity contribution in [1.82, 2.24) is 10.2 Å². The quantitative estimate of drug-likeness (QED) is 0.575. The molecular formula is C21H25FN4O3. The SMILES string of the molecule is COc1cccc(C(=O)NC(=NCCN2CCOCC2)Nc2cccc(F)c2)c1.